The van der Waals surface area contributed by atoms with E-state index in [4.69, 9.17) is 0 Å². The van der Waals surface area contributed by atoms with Gasteiger partial charge in [0.15, 0.2) is 0 Å². The number of phenols is 1. The number of phenolic OH excluding ortho intramolecular Hbond substituents is 1. The fourth-order valence-corrected chi connectivity index (χ4v) is 3.75. The number of rotatable bonds is 17. The highest BCUT2D eigenvalue weighted by atomic mass is 32.2. The van der Waals surface area contributed by atoms with E-state index in [9.17, 15) is 14.7 Å². The van der Waals surface area contributed by atoms with Crippen LogP contribution in [-0.4, -0.2) is 29.3 Å². The van der Waals surface area contributed by atoms with Crippen LogP contribution in [0.1, 0.15) is 84.0 Å². The van der Waals surface area contributed by atoms with Gasteiger partial charge in [0.1, 0.15) is 5.75 Å². The molecular formula is C23H38N2O3S. The number of hydrogen-bond donors (Lipinski definition) is 3. The quantitative estimate of drug-likeness (QED) is 0.179. The molecule has 0 aromatic heterocycles. The molecule has 0 saturated carbocycles. The molecule has 0 fully saturated rings. The van der Waals surface area contributed by atoms with Gasteiger partial charge in [-0.25, -0.2) is 0 Å². The standard InChI is InChI=1S/C23H38N2O3S/c1-2-3-4-5-6-7-8-9-10-11-12-13-22(27)24-19-25-23(28)18-29-21-16-14-20(26)15-17-21/h14-17,26H,2-13,18-19H2,1H3,(H,24,27)(H,25,28). The van der Waals surface area contributed by atoms with Gasteiger partial charge in [0.05, 0.1) is 12.4 Å². The van der Waals surface area contributed by atoms with Crippen molar-refractivity contribution in [2.24, 2.45) is 0 Å². The number of nitrogens with one attached hydrogen (secondary N) is 2. The summed E-state index contributed by atoms with van der Waals surface area (Å²) < 4.78 is 0. The summed E-state index contributed by atoms with van der Waals surface area (Å²) >= 11 is 1.39. The Kier molecular flexibility index (Phi) is 15.0. The maximum Gasteiger partial charge on any atom is 0.231 e. The zero-order chi connectivity index (χ0) is 21.2. The Morgan fingerprint density at radius 2 is 1.31 bits per heavy atom. The van der Waals surface area contributed by atoms with Gasteiger partial charge < -0.3 is 15.7 Å². The van der Waals surface area contributed by atoms with Gasteiger partial charge in [0.25, 0.3) is 0 Å². The van der Waals surface area contributed by atoms with Gasteiger partial charge in [0, 0.05) is 11.3 Å². The maximum absolute atomic E-state index is 11.8. The number of aromatic hydroxyl groups is 1. The number of thioether (sulfide) groups is 1. The molecule has 0 aliphatic rings. The van der Waals surface area contributed by atoms with Gasteiger partial charge in [0.2, 0.25) is 11.8 Å². The van der Waals surface area contributed by atoms with E-state index < -0.39 is 0 Å². The molecule has 29 heavy (non-hydrogen) atoms. The van der Waals surface area contributed by atoms with Crippen LogP contribution < -0.4 is 10.6 Å². The van der Waals surface area contributed by atoms with Crippen LogP contribution in [0, 0.1) is 0 Å². The fraction of sp³-hybridized carbons (Fsp3) is 0.652. The van der Waals surface area contributed by atoms with Gasteiger partial charge in [-0.2, -0.15) is 0 Å². The highest BCUT2D eigenvalue weighted by Gasteiger charge is 2.04. The number of carbonyl (C=O) groups is 2. The van der Waals surface area contributed by atoms with Crippen molar-refractivity contribution in [3.63, 3.8) is 0 Å². The summed E-state index contributed by atoms with van der Waals surface area (Å²) in [7, 11) is 0. The second-order valence-corrected chi connectivity index (χ2v) is 8.49. The monoisotopic (exact) mass is 422 g/mol. The SMILES string of the molecule is CCCCCCCCCCCCCC(=O)NCNC(=O)CSc1ccc(O)cc1. The molecule has 164 valence electrons. The number of unbranched alkanes of at least 4 members (excludes halogenated alkanes) is 10. The number of amides is 2. The lowest BCUT2D eigenvalue weighted by molar-refractivity contribution is -0.122. The fourth-order valence-electron chi connectivity index (χ4n) is 3.02. The Morgan fingerprint density at radius 3 is 1.90 bits per heavy atom. The van der Waals surface area contributed by atoms with Gasteiger partial charge in [-0.1, -0.05) is 71.1 Å². The minimum absolute atomic E-state index is 0.00703. The van der Waals surface area contributed by atoms with E-state index in [1.807, 2.05) is 0 Å². The largest absolute Gasteiger partial charge is 0.508 e. The van der Waals surface area contributed by atoms with Crippen LogP contribution in [-0.2, 0) is 9.59 Å². The molecule has 0 unspecified atom stereocenters. The zero-order valence-corrected chi connectivity index (χ0v) is 18.7. The van der Waals surface area contributed by atoms with Crippen LogP contribution in [0.5, 0.6) is 5.75 Å². The lowest BCUT2D eigenvalue weighted by atomic mass is 10.1. The second kappa shape index (κ2) is 17.2. The molecule has 0 heterocycles. The molecule has 0 spiro atoms. The molecule has 0 aliphatic heterocycles. The summed E-state index contributed by atoms with van der Waals surface area (Å²) in [5.41, 5.74) is 0. The molecule has 1 rings (SSSR count). The molecule has 3 N–H and O–H groups in total. The molecule has 0 radical (unpaired) electrons. The van der Waals surface area contributed by atoms with E-state index in [0.29, 0.717) is 6.42 Å². The van der Waals surface area contributed by atoms with Crippen LogP contribution in [0.3, 0.4) is 0 Å². The van der Waals surface area contributed by atoms with Crippen LogP contribution in [0.4, 0.5) is 0 Å². The predicted octanol–water partition coefficient (Wildman–Crippen LogP) is 5.38. The lowest BCUT2D eigenvalue weighted by Crippen LogP contribution is -2.37. The molecule has 0 atom stereocenters. The van der Waals surface area contributed by atoms with E-state index in [1.165, 1.54) is 69.5 Å². The average Bonchev–Trinajstić information content (AvgIpc) is 2.71. The summed E-state index contributed by atoms with van der Waals surface area (Å²) in [6.07, 6.45) is 14.4. The van der Waals surface area contributed by atoms with Gasteiger partial charge in [-0.15, -0.1) is 11.8 Å². The van der Waals surface area contributed by atoms with Crippen LogP contribution >= 0.6 is 11.8 Å². The smallest absolute Gasteiger partial charge is 0.231 e. The number of hydrogen-bond acceptors (Lipinski definition) is 4. The molecule has 1 aromatic rings. The van der Waals surface area contributed by atoms with Crippen molar-refractivity contribution >= 4 is 23.6 Å². The first-order chi connectivity index (χ1) is 14.1. The van der Waals surface area contributed by atoms with Gasteiger partial charge in [-0.3, -0.25) is 9.59 Å². The first-order valence-electron chi connectivity index (χ1n) is 11.1. The Balaban J connectivity index is 1.89. The summed E-state index contributed by atoms with van der Waals surface area (Å²) in [6, 6.07) is 6.72. The summed E-state index contributed by atoms with van der Waals surface area (Å²) in [5, 5.41) is 14.7. The number of benzene rings is 1. The van der Waals surface area contributed by atoms with Crippen molar-refractivity contribution in [1.82, 2.24) is 10.6 Å². The van der Waals surface area contributed by atoms with E-state index in [1.54, 1.807) is 24.3 Å². The second-order valence-electron chi connectivity index (χ2n) is 7.44. The Labute approximate surface area is 180 Å². The predicted molar refractivity (Wildman–Crippen MR) is 121 cm³/mol. The Bertz CT molecular complexity index is 564. The topological polar surface area (TPSA) is 78.4 Å². The van der Waals surface area contributed by atoms with Crippen molar-refractivity contribution < 1.29 is 14.7 Å². The first kappa shape index (κ1) is 25.3. The Hall–Kier alpha value is -1.69. The molecular weight excluding hydrogens is 384 g/mol. The minimum atomic E-state index is -0.127. The third kappa shape index (κ3) is 14.9. The summed E-state index contributed by atoms with van der Waals surface area (Å²) in [4.78, 5) is 24.5. The van der Waals surface area contributed by atoms with Crippen molar-refractivity contribution in [3.8, 4) is 5.75 Å². The third-order valence-electron chi connectivity index (χ3n) is 4.79. The molecule has 2 amide bonds. The normalized spacial score (nSPS) is 10.7. The van der Waals surface area contributed by atoms with Crippen LogP contribution in [0.25, 0.3) is 0 Å². The van der Waals surface area contributed by atoms with Crippen LogP contribution in [0.2, 0.25) is 0 Å². The zero-order valence-electron chi connectivity index (χ0n) is 17.9. The number of carbonyl (C=O) groups excluding carboxylic acids is 2. The third-order valence-corrected chi connectivity index (χ3v) is 5.80. The molecule has 0 aliphatic carbocycles. The molecule has 0 bridgehead atoms. The summed E-state index contributed by atoms with van der Waals surface area (Å²) in [5.74, 6) is 0.351. The highest BCUT2D eigenvalue weighted by Crippen LogP contribution is 2.20. The van der Waals surface area contributed by atoms with Crippen molar-refractivity contribution in [2.45, 2.75) is 88.9 Å². The van der Waals surface area contributed by atoms with E-state index in [-0.39, 0.29) is 30.0 Å². The van der Waals surface area contributed by atoms with Crippen molar-refractivity contribution in [1.29, 1.82) is 0 Å². The van der Waals surface area contributed by atoms with Crippen molar-refractivity contribution in [2.75, 3.05) is 12.4 Å². The molecule has 1 aromatic carbocycles. The van der Waals surface area contributed by atoms with E-state index >= 15 is 0 Å². The van der Waals surface area contributed by atoms with Crippen molar-refractivity contribution in [3.05, 3.63) is 24.3 Å². The molecule has 0 saturated heterocycles. The molecule has 5 nitrogen and oxygen atoms in total. The lowest BCUT2D eigenvalue weighted by Gasteiger charge is -2.07. The van der Waals surface area contributed by atoms with Crippen LogP contribution in [0.15, 0.2) is 29.2 Å². The summed E-state index contributed by atoms with van der Waals surface area (Å²) in [6.45, 7) is 2.42. The van der Waals surface area contributed by atoms with Gasteiger partial charge in [-0.05, 0) is 30.7 Å². The maximum atomic E-state index is 11.8. The minimum Gasteiger partial charge on any atom is -0.508 e. The highest BCUT2D eigenvalue weighted by molar-refractivity contribution is 8.00. The van der Waals surface area contributed by atoms with E-state index in [2.05, 4.69) is 17.6 Å². The average molecular weight is 423 g/mol. The Morgan fingerprint density at radius 1 is 0.793 bits per heavy atom. The molecule has 6 heteroatoms. The van der Waals surface area contributed by atoms with Gasteiger partial charge >= 0.3 is 0 Å². The first-order valence-corrected chi connectivity index (χ1v) is 12.1. The van der Waals surface area contributed by atoms with E-state index in [0.717, 1.165) is 17.7 Å².